The van der Waals surface area contributed by atoms with Gasteiger partial charge in [-0.3, -0.25) is 0 Å². The standard InChI is InChI=1S/C15H20N4O2/c1-3-5-14-13(10-16)17-18-19(14)12-8-6-11(7-9-12)15(20)21-4-2/h6-9H,3-5,10,16H2,1-2H3. The van der Waals surface area contributed by atoms with Crippen molar-refractivity contribution in [1.29, 1.82) is 0 Å². The van der Waals surface area contributed by atoms with Crippen LogP contribution in [-0.2, 0) is 17.7 Å². The first-order valence-corrected chi connectivity index (χ1v) is 7.12. The monoisotopic (exact) mass is 288 g/mol. The Labute approximate surface area is 123 Å². The number of benzene rings is 1. The van der Waals surface area contributed by atoms with Crippen molar-refractivity contribution in [2.45, 2.75) is 33.2 Å². The Hall–Kier alpha value is -2.21. The first kappa shape index (κ1) is 15.2. The topological polar surface area (TPSA) is 83.0 Å². The van der Waals surface area contributed by atoms with Crippen LogP contribution in [0.1, 0.15) is 42.0 Å². The SMILES string of the molecule is CCCc1c(CN)nnn1-c1ccc(C(=O)OCC)cc1. The molecular weight excluding hydrogens is 268 g/mol. The van der Waals surface area contributed by atoms with E-state index in [-0.39, 0.29) is 5.97 Å². The van der Waals surface area contributed by atoms with Crippen molar-refractivity contribution >= 4 is 5.97 Å². The summed E-state index contributed by atoms with van der Waals surface area (Å²) in [6.45, 7) is 4.62. The molecule has 0 saturated heterocycles. The summed E-state index contributed by atoms with van der Waals surface area (Å²) in [6.07, 6.45) is 1.85. The minimum Gasteiger partial charge on any atom is -0.462 e. The van der Waals surface area contributed by atoms with Crippen molar-refractivity contribution in [3.8, 4) is 5.69 Å². The van der Waals surface area contributed by atoms with E-state index < -0.39 is 0 Å². The molecule has 1 aromatic carbocycles. The summed E-state index contributed by atoms with van der Waals surface area (Å²) >= 11 is 0. The van der Waals surface area contributed by atoms with Gasteiger partial charge < -0.3 is 10.5 Å². The van der Waals surface area contributed by atoms with Crippen LogP contribution in [0.15, 0.2) is 24.3 Å². The molecule has 0 amide bonds. The zero-order valence-corrected chi connectivity index (χ0v) is 12.4. The molecule has 21 heavy (non-hydrogen) atoms. The second-order valence-electron chi connectivity index (χ2n) is 4.62. The second-order valence-corrected chi connectivity index (χ2v) is 4.62. The summed E-state index contributed by atoms with van der Waals surface area (Å²) in [5.74, 6) is -0.320. The first-order chi connectivity index (χ1) is 10.2. The minimum atomic E-state index is -0.320. The molecule has 2 N–H and O–H groups in total. The van der Waals surface area contributed by atoms with Crippen molar-refractivity contribution in [3.05, 3.63) is 41.2 Å². The molecule has 1 aromatic heterocycles. The number of ether oxygens (including phenoxy) is 1. The molecule has 6 nitrogen and oxygen atoms in total. The fourth-order valence-electron chi connectivity index (χ4n) is 2.14. The van der Waals surface area contributed by atoms with Gasteiger partial charge in [0.05, 0.1) is 29.2 Å². The Kier molecular flexibility index (Phi) is 5.05. The number of nitrogens with zero attached hydrogens (tertiary/aromatic N) is 3. The van der Waals surface area contributed by atoms with E-state index in [1.807, 2.05) is 12.1 Å². The number of aromatic nitrogens is 3. The van der Waals surface area contributed by atoms with E-state index in [0.717, 1.165) is 29.9 Å². The molecular formula is C15H20N4O2. The molecule has 1 heterocycles. The second kappa shape index (κ2) is 6.99. The number of esters is 1. The minimum absolute atomic E-state index is 0.320. The lowest BCUT2D eigenvalue weighted by atomic mass is 10.1. The lowest BCUT2D eigenvalue weighted by molar-refractivity contribution is 0.0526. The molecule has 0 atom stereocenters. The number of hydrogen-bond acceptors (Lipinski definition) is 5. The highest BCUT2D eigenvalue weighted by atomic mass is 16.5. The van der Waals surface area contributed by atoms with Gasteiger partial charge in [-0.2, -0.15) is 0 Å². The summed E-state index contributed by atoms with van der Waals surface area (Å²) in [6, 6.07) is 7.13. The molecule has 6 heteroatoms. The fraction of sp³-hybridized carbons (Fsp3) is 0.400. The van der Waals surface area contributed by atoms with Gasteiger partial charge in [-0.15, -0.1) is 5.10 Å². The van der Waals surface area contributed by atoms with Crippen molar-refractivity contribution in [3.63, 3.8) is 0 Å². The van der Waals surface area contributed by atoms with Crippen molar-refractivity contribution < 1.29 is 9.53 Å². The number of hydrogen-bond donors (Lipinski definition) is 1. The van der Waals surface area contributed by atoms with Gasteiger partial charge in [0.25, 0.3) is 0 Å². The molecule has 0 fully saturated rings. The van der Waals surface area contributed by atoms with E-state index in [2.05, 4.69) is 17.2 Å². The van der Waals surface area contributed by atoms with Crippen LogP contribution in [0.2, 0.25) is 0 Å². The van der Waals surface area contributed by atoms with E-state index in [1.165, 1.54) is 0 Å². The van der Waals surface area contributed by atoms with Gasteiger partial charge in [0.2, 0.25) is 0 Å². The van der Waals surface area contributed by atoms with Gasteiger partial charge in [0.15, 0.2) is 0 Å². The number of carbonyl (C=O) groups excluding carboxylic acids is 1. The highest BCUT2D eigenvalue weighted by Crippen LogP contribution is 2.16. The van der Waals surface area contributed by atoms with Crippen LogP contribution in [0.4, 0.5) is 0 Å². The Bertz CT molecular complexity index is 605. The molecule has 0 aliphatic carbocycles. The van der Waals surface area contributed by atoms with Crippen LogP contribution >= 0.6 is 0 Å². The third-order valence-electron chi connectivity index (χ3n) is 3.15. The van der Waals surface area contributed by atoms with Crippen LogP contribution in [0.5, 0.6) is 0 Å². The molecule has 0 saturated carbocycles. The third kappa shape index (κ3) is 3.28. The maximum Gasteiger partial charge on any atom is 0.338 e. The van der Waals surface area contributed by atoms with Crippen LogP contribution in [-0.4, -0.2) is 27.6 Å². The van der Waals surface area contributed by atoms with Gasteiger partial charge in [-0.25, -0.2) is 9.48 Å². The fourth-order valence-corrected chi connectivity index (χ4v) is 2.14. The summed E-state index contributed by atoms with van der Waals surface area (Å²) in [5, 5.41) is 8.27. The van der Waals surface area contributed by atoms with Gasteiger partial charge in [0.1, 0.15) is 0 Å². The number of rotatable bonds is 6. The summed E-state index contributed by atoms with van der Waals surface area (Å²) in [4.78, 5) is 11.6. The van der Waals surface area contributed by atoms with Crippen LogP contribution < -0.4 is 5.73 Å². The Morgan fingerprint density at radius 1 is 1.29 bits per heavy atom. The summed E-state index contributed by atoms with van der Waals surface area (Å²) < 4.78 is 6.75. The predicted molar refractivity (Wildman–Crippen MR) is 79.2 cm³/mol. The largest absolute Gasteiger partial charge is 0.462 e. The van der Waals surface area contributed by atoms with E-state index >= 15 is 0 Å². The summed E-state index contributed by atoms with van der Waals surface area (Å²) in [5.41, 5.74) is 8.91. The maximum atomic E-state index is 11.6. The average molecular weight is 288 g/mol. The van der Waals surface area contributed by atoms with Gasteiger partial charge in [0, 0.05) is 6.54 Å². The molecule has 2 aromatic rings. The van der Waals surface area contributed by atoms with E-state index in [4.69, 9.17) is 10.5 Å². The Morgan fingerprint density at radius 2 is 2.00 bits per heavy atom. The molecule has 0 spiro atoms. The molecule has 2 rings (SSSR count). The zero-order valence-electron chi connectivity index (χ0n) is 12.4. The number of nitrogens with two attached hydrogens (primary N) is 1. The van der Waals surface area contributed by atoms with Crippen LogP contribution in [0.3, 0.4) is 0 Å². The lowest BCUT2D eigenvalue weighted by Crippen LogP contribution is -2.07. The highest BCUT2D eigenvalue weighted by molar-refractivity contribution is 5.89. The van der Waals surface area contributed by atoms with Crippen LogP contribution in [0, 0.1) is 0 Å². The van der Waals surface area contributed by atoms with Gasteiger partial charge in [-0.05, 0) is 37.6 Å². The smallest absolute Gasteiger partial charge is 0.338 e. The molecule has 0 aliphatic rings. The van der Waals surface area contributed by atoms with Gasteiger partial charge in [-0.1, -0.05) is 18.6 Å². The zero-order chi connectivity index (χ0) is 15.2. The normalized spacial score (nSPS) is 10.6. The van der Waals surface area contributed by atoms with Crippen molar-refractivity contribution in [1.82, 2.24) is 15.0 Å². The Balaban J connectivity index is 2.30. The highest BCUT2D eigenvalue weighted by Gasteiger charge is 2.13. The number of carbonyl (C=O) groups is 1. The van der Waals surface area contributed by atoms with Crippen LogP contribution in [0.25, 0.3) is 5.69 Å². The average Bonchev–Trinajstić information content (AvgIpc) is 2.91. The van der Waals surface area contributed by atoms with Gasteiger partial charge >= 0.3 is 5.97 Å². The lowest BCUT2D eigenvalue weighted by Gasteiger charge is -2.07. The third-order valence-corrected chi connectivity index (χ3v) is 3.15. The molecule has 0 radical (unpaired) electrons. The van der Waals surface area contributed by atoms with E-state index in [0.29, 0.717) is 18.7 Å². The summed E-state index contributed by atoms with van der Waals surface area (Å²) in [7, 11) is 0. The predicted octanol–water partition coefficient (Wildman–Crippen LogP) is 1.86. The quantitative estimate of drug-likeness (QED) is 0.820. The molecule has 0 bridgehead atoms. The molecule has 0 aliphatic heterocycles. The first-order valence-electron chi connectivity index (χ1n) is 7.12. The Morgan fingerprint density at radius 3 is 2.57 bits per heavy atom. The van der Waals surface area contributed by atoms with E-state index in [1.54, 1.807) is 23.7 Å². The maximum absolute atomic E-state index is 11.6. The van der Waals surface area contributed by atoms with Crippen molar-refractivity contribution in [2.24, 2.45) is 5.73 Å². The van der Waals surface area contributed by atoms with E-state index in [9.17, 15) is 4.79 Å². The van der Waals surface area contributed by atoms with Crippen molar-refractivity contribution in [2.75, 3.05) is 6.61 Å². The molecule has 112 valence electrons. The molecule has 0 unspecified atom stereocenters.